The maximum absolute atomic E-state index is 13.7. The summed E-state index contributed by atoms with van der Waals surface area (Å²) in [6, 6.07) is 7.55. The van der Waals surface area contributed by atoms with Gasteiger partial charge in [-0.3, -0.25) is 9.59 Å². The van der Waals surface area contributed by atoms with E-state index in [0.29, 0.717) is 11.3 Å². The summed E-state index contributed by atoms with van der Waals surface area (Å²) in [6.07, 6.45) is -3.26. The molecule has 1 fully saturated rings. The van der Waals surface area contributed by atoms with Crippen molar-refractivity contribution in [2.24, 2.45) is 0 Å². The Kier molecular flexibility index (Phi) is 5.30. The van der Waals surface area contributed by atoms with Gasteiger partial charge in [-0.2, -0.15) is 13.2 Å². The summed E-state index contributed by atoms with van der Waals surface area (Å²) < 4.78 is 54.8. The first kappa shape index (κ1) is 20.7. The van der Waals surface area contributed by atoms with Gasteiger partial charge in [0.2, 0.25) is 5.91 Å². The Morgan fingerprint density at radius 1 is 1.06 bits per heavy atom. The number of rotatable bonds is 3. The number of amides is 2. The predicted octanol–water partition coefficient (Wildman–Crippen LogP) is 3.58. The Morgan fingerprint density at radius 3 is 2.65 bits per heavy atom. The van der Waals surface area contributed by atoms with Gasteiger partial charge < -0.3 is 20.9 Å². The molecule has 0 aromatic heterocycles. The lowest BCUT2D eigenvalue weighted by atomic mass is 10.1. The second-order valence-corrected chi connectivity index (χ2v) is 7.16. The van der Waals surface area contributed by atoms with Crippen LogP contribution in [0.4, 0.5) is 34.6 Å². The van der Waals surface area contributed by atoms with Crippen LogP contribution in [0.3, 0.4) is 0 Å². The summed E-state index contributed by atoms with van der Waals surface area (Å²) in [5, 5.41) is 7.92. The third kappa shape index (κ3) is 4.32. The second kappa shape index (κ2) is 7.93. The van der Waals surface area contributed by atoms with E-state index >= 15 is 0 Å². The lowest BCUT2D eigenvalue weighted by Gasteiger charge is -2.26. The molecule has 2 aliphatic heterocycles. The third-order valence-electron chi connectivity index (χ3n) is 5.10. The van der Waals surface area contributed by atoms with E-state index in [-0.39, 0.29) is 48.9 Å². The standard InChI is InChI=1S/C21H18F4N4O2/c22-12-1-3-17-14(9-12)15(20(31)28-17)11-27-13-2-4-18(16(10-13)21(23,24)25)29-7-5-19(30)26-6-8-29/h1-4,9-11,27H,5-8H2,(H,26,30)(H,28,31)/b15-11+. The quantitative estimate of drug-likeness (QED) is 0.510. The van der Waals surface area contributed by atoms with Crippen molar-refractivity contribution in [3.63, 3.8) is 0 Å². The van der Waals surface area contributed by atoms with Crippen LogP contribution in [0.5, 0.6) is 0 Å². The summed E-state index contributed by atoms with van der Waals surface area (Å²) in [6.45, 7) is 0.690. The maximum atomic E-state index is 13.7. The fraction of sp³-hybridized carbons (Fsp3) is 0.238. The molecule has 6 nitrogen and oxygen atoms in total. The molecule has 162 valence electrons. The molecular formula is C21H18F4N4O2. The van der Waals surface area contributed by atoms with Crippen molar-refractivity contribution in [1.29, 1.82) is 0 Å². The number of fused-ring (bicyclic) bond motifs is 1. The summed E-state index contributed by atoms with van der Waals surface area (Å²) >= 11 is 0. The van der Waals surface area contributed by atoms with Crippen LogP contribution >= 0.6 is 0 Å². The van der Waals surface area contributed by atoms with Gasteiger partial charge in [0.15, 0.2) is 0 Å². The number of anilines is 3. The van der Waals surface area contributed by atoms with Crippen LogP contribution in [0.2, 0.25) is 0 Å². The molecule has 0 aliphatic carbocycles. The second-order valence-electron chi connectivity index (χ2n) is 7.16. The molecule has 3 N–H and O–H groups in total. The minimum absolute atomic E-state index is 0.0202. The van der Waals surface area contributed by atoms with Crippen LogP contribution < -0.4 is 20.9 Å². The number of carbonyl (C=O) groups is 2. The van der Waals surface area contributed by atoms with Crippen LogP contribution in [-0.4, -0.2) is 31.4 Å². The minimum atomic E-state index is -4.62. The van der Waals surface area contributed by atoms with Gasteiger partial charge in [0.25, 0.3) is 5.91 Å². The van der Waals surface area contributed by atoms with Crippen molar-refractivity contribution >= 4 is 34.4 Å². The normalized spacial score (nSPS) is 17.8. The first-order chi connectivity index (χ1) is 14.7. The SMILES string of the molecule is O=C1CCN(c2ccc(N/C=C3/C(=O)Nc4ccc(F)cc43)cc2C(F)(F)F)CCN1. The van der Waals surface area contributed by atoms with Crippen LogP contribution in [-0.2, 0) is 15.8 Å². The minimum Gasteiger partial charge on any atom is -0.369 e. The van der Waals surface area contributed by atoms with E-state index in [1.54, 1.807) is 0 Å². The van der Waals surface area contributed by atoms with Crippen LogP contribution in [0, 0.1) is 5.82 Å². The molecule has 0 unspecified atom stereocenters. The number of hydrogen-bond donors (Lipinski definition) is 3. The molecule has 2 heterocycles. The molecule has 2 aliphatic rings. The van der Waals surface area contributed by atoms with Crippen LogP contribution in [0.1, 0.15) is 17.5 Å². The number of halogens is 4. The van der Waals surface area contributed by atoms with Gasteiger partial charge in [-0.05, 0) is 36.4 Å². The molecule has 0 radical (unpaired) electrons. The molecule has 2 amide bonds. The van der Waals surface area contributed by atoms with Gasteiger partial charge in [0, 0.05) is 54.9 Å². The monoisotopic (exact) mass is 434 g/mol. The molecule has 0 saturated carbocycles. The van der Waals surface area contributed by atoms with Crippen LogP contribution in [0.15, 0.2) is 42.6 Å². The van der Waals surface area contributed by atoms with E-state index in [1.807, 2.05) is 0 Å². The highest BCUT2D eigenvalue weighted by Crippen LogP contribution is 2.39. The van der Waals surface area contributed by atoms with E-state index in [1.165, 1.54) is 41.4 Å². The lowest BCUT2D eigenvalue weighted by molar-refractivity contribution is -0.137. The molecule has 2 aromatic rings. The smallest absolute Gasteiger partial charge is 0.369 e. The Balaban J connectivity index is 1.63. The van der Waals surface area contributed by atoms with Gasteiger partial charge in [0.05, 0.1) is 11.1 Å². The summed E-state index contributed by atoms with van der Waals surface area (Å²) in [4.78, 5) is 25.2. The number of benzene rings is 2. The Bertz CT molecular complexity index is 1080. The number of carbonyl (C=O) groups excluding carboxylic acids is 2. The van der Waals surface area contributed by atoms with Gasteiger partial charge in [0.1, 0.15) is 5.82 Å². The lowest BCUT2D eigenvalue weighted by Crippen LogP contribution is -2.30. The van der Waals surface area contributed by atoms with Gasteiger partial charge in [-0.15, -0.1) is 0 Å². The van der Waals surface area contributed by atoms with Crippen LogP contribution in [0.25, 0.3) is 5.57 Å². The molecule has 10 heteroatoms. The van der Waals surface area contributed by atoms with Crippen molar-refractivity contribution in [3.8, 4) is 0 Å². The number of nitrogens with one attached hydrogen (secondary N) is 3. The zero-order valence-electron chi connectivity index (χ0n) is 16.1. The zero-order chi connectivity index (χ0) is 22.2. The van der Waals surface area contributed by atoms with E-state index in [9.17, 15) is 27.2 Å². The first-order valence-corrected chi connectivity index (χ1v) is 9.53. The first-order valence-electron chi connectivity index (χ1n) is 9.53. The average molecular weight is 434 g/mol. The highest BCUT2D eigenvalue weighted by atomic mass is 19.4. The Hall–Kier alpha value is -3.56. The summed E-state index contributed by atoms with van der Waals surface area (Å²) in [5.41, 5.74) is 0.109. The van der Waals surface area contributed by atoms with E-state index in [0.717, 1.165) is 6.07 Å². The van der Waals surface area contributed by atoms with E-state index < -0.39 is 23.5 Å². The number of hydrogen-bond acceptors (Lipinski definition) is 4. The largest absolute Gasteiger partial charge is 0.418 e. The van der Waals surface area contributed by atoms with Gasteiger partial charge >= 0.3 is 6.18 Å². The van der Waals surface area contributed by atoms with Gasteiger partial charge in [-0.25, -0.2) is 4.39 Å². The van der Waals surface area contributed by atoms with Crippen molar-refractivity contribution < 1.29 is 27.2 Å². The van der Waals surface area contributed by atoms with Crippen molar-refractivity contribution in [2.75, 3.05) is 35.2 Å². The van der Waals surface area contributed by atoms with Crippen molar-refractivity contribution in [2.45, 2.75) is 12.6 Å². The average Bonchev–Trinajstić information content (AvgIpc) is 2.86. The number of nitrogens with zero attached hydrogens (tertiary/aromatic N) is 1. The molecule has 2 aromatic carbocycles. The highest BCUT2D eigenvalue weighted by Gasteiger charge is 2.35. The molecule has 0 bridgehead atoms. The zero-order valence-corrected chi connectivity index (χ0v) is 16.1. The number of alkyl halides is 3. The Labute approximate surface area is 174 Å². The molecule has 31 heavy (non-hydrogen) atoms. The topological polar surface area (TPSA) is 73.5 Å². The predicted molar refractivity (Wildman–Crippen MR) is 108 cm³/mol. The molecule has 0 spiro atoms. The summed E-state index contributed by atoms with van der Waals surface area (Å²) in [5.74, 6) is -1.22. The summed E-state index contributed by atoms with van der Waals surface area (Å²) in [7, 11) is 0. The maximum Gasteiger partial charge on any atom is 0.418 e. The fourth-order valence-electron chi connectivity index (χ4n) is 3.60. The Morgan fingerprint density at radius 2 is 1.87 bits per heavy atom. The molecule has 1 saturated heterocycles. The van der Waals surface area contributed by atoms with E-state index in [4.69, 9.17) is 0 Å². The highest BCUT2D eigenvalue weighted by molar-refractivity contribution is 6.31. The fourth-order valence-corrected chi connectivity index (χ4v) is 3.60. The molecule has 4 rings (SSSR count). The third-order valence-corrected chi connectivity index (χ3v) is 5.10. The van der Waals surface area contributed by atoms with Crippen molar-refractivity contribution in [1.82, 2.24) is 5.32 Å². The molecular weight excluding hydrogens is 416 g/mol. The van der Waals surface area contributed by atoms with Gasteiger partial charge in [-0.1, -0.05) is 0 Å². The van der Waals surface area contributed by atoms with E-state index in [2.05, 4.69) is 16.0 Å². The molecule has 0 atom stereocenters. The van der Waals surface area contributed by atoms with Crippen molar-refractivity contribution in [3.05, 3.63) is 59.5 Å².